The Hall–Kier alpha value is -1.94. The van der Waals surface area contributed by atoms with Gasteiger partial charge in [-0.3, -0.25) is 4.55 Å². The van der Waals surface area contributed by atoms with E-state index in [0.717, 1.165) is 41.5 Å². The van der Waals surface area contributed by atoms with Crippen LogP contribution < -0.4 is 10.1 Å². The molecule has 4 rings (SSSR count). The zero-order valence-electron chi connectivity index (χ0n) is 15.7. The topological polar surface area (TPSA) is 101 Å². The number of hydrogen-bond acceptors (Lipinski definition) is 7. The number of aromatic nitrogens is 2. The fourth-order valence-electron chi connectivity index (χ4n) is 3.56. The summed E-state index contributed by atoms with van der Waals surface area (Å²) in [5.74, 6) is 0.644. The van der Waals surface area contributed by atoms with Crippen LogP contribution >= 0.6 is 22.9 Å². The molecule has 29 heavy (non-hydrogen) atoms. The average Bonchev–Trinajstić information content (AvgIpc) is 3.03. The van der Waals surface area contributed by atoms with Gasteiger partial charge in [0.25, 0.3) is 10.1 Å². The van der Waals surface area contributed by atoms with Crippen molar-refractivity contribution in [3.05, 3.63) is 45.1 Å². The van der Waals surface area contributed by atoms with Crippen LogP contribution in [0.2, 0.25) is 5.02 Å². The van der Waals surface area contributed by atoms with Gasteiger partial charge < -0.3 is 10.1 Å². The van der Waals surface area contributed by atoms with Crippen LogP contribution in [0.5, 0.6) is 5.75 Å². The number of halogens is 1. The lowest BCUT2D eigenvalue weighted by atomic mass is 9.97. The first-order chi connectivity index (χ1) is 13.8. The Morgan fingerprint density at radius 3 is 2.79 bits per heavy atom. The predicted octanol–water partition coefficient (Wildman–Crippen LogP) is 4.23. The molecule has 154 valence electrons. The van der Waals surface area contributed by atoms with Crippen LogP contribution in [-0.4, -0.2) is 30.0 Å². The van der Waals surface area contributed by atoms with Crippen LogP contribution in [0.4, 0.5) is 5.82 Å². The first-order valence-corrected chi connectivity index (χ1v) is 12.0. The Labute approximate surface area is 177 Å². The highest BCUT2D eigenvalue weighted by molar-refractivity contribution is 7.84. The molecule has 2 aromatic heterocycles. The highest BCUT2D eigenvalue weighted by Crippen LogP contribution is 2.39. The SMILES string of the molecule is COc1ccc(CNc2nc(CS(=O)(=O)O)nc3sc4c(c23)CCCC4)cc1Cl. The van der Waals surface area contributed by atoms with E-state index in [2.05, 4.69) is 15.3 Å². The standard InChI is InChI=1S/C19H20ClN3O4S2/c1-27-14-7-6-11(8-13(14)20)9-21-18-17-12-4-2-3-5-15(12)28-19(17)23-16(22-18)10-29(24,25)26/h6-8H,2-5,9-10H2,1H3,(H,21,22,23)(H,24,25,26). The molecule has 1 aliphatic rings. The summed E-state index contributed by atoms with van der Waals surface area (Å²) in [5, 5.41) is 4.77. The van der Waals surface area contributed by atoms with E-state index in [9.17, 15) is 13.0 Å². The van der Waals surface area contributed by atoms with E-state index < -0.39 is 15.9 Å². The average molecular weight is 454 g/mol. The molecule has 2 heterocycles. The summed E-state index contributed by atoms with van der Waals surface area (Å²) in [6, 6.07) is 5.51. The smallest absolute Gasteiger partial charge is 0.272 e. The Morgan fingerprint density at radius 2 is 2.07 bits per heavy atom. The molecule has 0 fully saturated rings. The number of fused-ring (bicyclic) bond motifs is 3. The number of hydrogen-bond donors (Lipinski definition) is 2. The van der Waals surface area contributed by atoms with Gasteiger partial charge in [0.1, 0.15) is 28.0 Å². The number of anilines is 1. The molecule has 0 unspecified atom stereocenters. The summed E-state index contributed by atoms with van der Waals surface area (Å²) >= 11 is 7.79. The third kappa shape index (κ3) is 4.48. The van der Waals surface area contributed by atoms with Gasteiger partial charge in [-0.05, 0) is 48.9 Å². The van der Waals surface area contributed by atoms with Crippen molar-refractivity contribution in [3.63, 3.8) is 0 Å². The van der Waals surface area contributed by atoms with Crippen molar-refractivity contribution >= 4 is 49.1 Å². The first-order valence-electron chi connectivity index (χ1n) is 9.16. The Kier molecular flexibility index (Phi) is 5.65. The van der Waals surface area contributed by atoms with E-state index in [1.807, 2.05) is 12.1 Å². The molecule has 2 N–H and O–H groups in total. The Bertz CT molecular complexity index is 1180. The number of methoxy groups -OCH3 is 1. The molecule has 0 bridgehead atoms. The molecule has 1 aliphatic carbocycles. The number of thiophene rings is 1. The van der Waals surface area contributed by atoms with Crippen LogP contribution in [0.3, 0.4) is 0 Å². The second-order valence-electron chi connectivity index (χ2n) is 6.93. The molecular formula is C19H20ClN3O4S2. The Balaban J connectivity index is 1.72. The molecule has 0 saturated carbocycles. The van der Waals surface area contributed by atoms with Crippen LogP contribution in [0.25, 0.3) is 10.2 Å². The van der Waals surface area contributed by atoms with Crippen molar-refractivity contribution in [2.24, 2.45) is 0 Å². The maximum absolute atomic E-state index is 11.4. The highest BCUT2D eigenvalue weighted by atomic mass is 35.5. The molecule has 0 amide bonds. The highest BCUT2D eigenvalue weighted by Gasteiger charge is 2.22. The number of nitrogens with one attached hydrogen (secondary N) is 1. The molecule has 0 saturated heterocycles. The molecule has 0 radical (unpaired) electrons. The minimum absolute atomic E-state index is 0.0776. The van der Waals surface area contributed by atoms with Crippen molar-refractivity contribution in [2.45, 2.75) is 38.0 Å². The lowest BCUT2D eigenvalue weighted by molar-refractivity contribution is 0.415. The van der Waals surface area contributed by atoms with E-state index in [1.165, 1.54) is 10.4 Å². The fourth-order valence-corrected chi connectivity index (χ4v) is 5.58. The van der Waals surface area contributed by atoms with Gasteiger partial charge in [0.05, 0.1) is 17.5 Å². The summed E-state index contributed by atoms with van der Waals surface area (Å²) in [5.41, 5.74) is 2.17. The molecule has 0 atom stereocenters. The summed E-state index contributed by atoms with van der Waals surface area (Å²) in [6.07, 6.45) is 4.20. The number of aryl methyl sites for hydroxylation is 2. The van der Waals surface area contributed by atoms with E-state index >= 15 is 0 Å². The van der Waals surface area contributed by atoms with Gasteiger partial charge in [-0.1, -0.05) is 17.7 Å². The summed E-state index contributed by atoms with van der Waals surface area (Å²) < 4.78 is 37.1. The van der Waals surface area contributed by atoms with Crippen molar-refractivity contribution in [2.75, 3.05) is 12.4 Å². The molecule has 10 heteroatoms. The zero-order valence-corrected chi connectivity index (χ0v) is 18.1. The maximum atomic E-state index is 11.4. The minimum Gasteiger partial charge on any atom is -0.495 e. The number of benzene rings is 1. The van der Waals surface area contributed by atoms with E-state index in [0.29, 0.717) is 23.1 Å². The monoisotopic (exact) mass is 453 g/mol. The molecule has 0 spiro atoms. The second-order valence-corrected chi connectivity index (χ2v) is 9.87. The van der Waals surface area contributed by atoms with Gasteiger partial charge in [-0.2, -0.15) is 8.42 Å². The van der Waals surface area contributed by atoms with E-state index in [1.54, 1.807) is 24.5 Å². The molecule has 1 aromatic carbocycles. The lowest BCUT2D eigenvalue weighted by Crippen LogP contribution is -2.10. The molecular weight excluding hydrogens is 434 g/mol. The van der Waals surface area contributed by atoms with Gasteiger partial charge in [0.2, 0.25) is 0 Å². The minimum atomic E-state index is -4.22. The molecule has 7 nitrogen and oxygen atoms in total. The van der Waals surface area contributed by atoms with Gasteiger partial charge in [-0.15, -0.1) is 11.3 Å². The van der Waals surface area contributed by atoms with Crippen molar-refractivity contribution < 1.29 is 17.7 Å². The van der Waals surface area contributed by atoms with E-state index in [4.69, 9.17) is 16.3 Å². The molecule has 0 aliphatic heterocycles. The fraction of sp³-hybridized carbons (Fsp3) is 0.368. The third-order valence-electron chi connectivity index (χ3n) is 4.85. The number of nitrogens with zero attached hydrogens (tertiary/aromatic N) is 2. The van der Waals surface area contributed by atoms with E-state index in [-0.39, 0.29) is 5.82 Å². The second kappa shape index (κ2) is 8.06. The summed E-state index contributed by atoms with van der Waals surface area (Å²) in [7, 11) is -2.66. The largest absolute Gasteiger partial charge is 0.495 e. The van der Waals surface area contributed by atoms with Crippen LogP contribution in [0.1, 0.15) is 34.7 Å². The van der Waals surface area contributed by atoms with Crippen LogP contribution in [-0.2, 0) is 35.3 Å². The molecule has 3 aromatic rings. The quantitative estimate of drug-likeness (QED) is 0.538. The normalized spacial score (nSPS) is 14.0. The maximum Gasteiger partial charge on any atom is 0.272 e. The summed E-state index contributed by atoms with van der Waals surface area (Å²) in [4.78, 5) is 10.9. The van der Waals surface area contributed by atoms with Crippen molar-refractivity contribution in [1.82, 2.24) is 9.97 Å². The lowest BCUT2D eigenvalue weighted by Gasteiger charge is -2.13. The predicted molar refractivity (Wildman–Crippen MR) is 115 cm³/mol. The number of ether oxygens (including phenoxy) is 1. The third-order valence-corrected chi connectivity index (χ3v) is 6.95. The van der Waals surface area contributed by atoms with Crippen LogP contribution in [0.15, 0.2) is 18.2 Å². The van der Waals surface area contributed by atoms with Gasteiger partial charge >= 0.3 is 0 Å². The van der Waals surface area contributed by atoms with Crippen molar-refractivity contribution in [3.8, 4) is 5.75 Å². The van der Waals surface area contributed by atoms with Gasteiger partial charge in [-0.25, -0.2) is 9.97 Å². The summed E-state index contributed by atoms with van der Waals surface area (Å²) in [6.45, 7) is 0.450. The van der Waals surface area contributed by atoms with Gasteiger partial charge in [0.15, 0.2) is 0 Å². The number of rotatable bonds is 6. The first kappa shape index (κ1) is 20.3. The Morgan fingerprint density at radius 1 is 1.28 bits per heavy atom. The van der Waals surface area contributed by atoms with Crippen LogP contribution in [0, 0.1) is 0 Å². The van der Waals surface area contributed by atoms with Gasteiger partial charge in [0, 0.05) is 11.4 Å². The zero-order chi connectivity index (χ0) is 20.6. The van der Waals surface area contributed by atoms with Crippen molar-refractivity contribution in [1.29, 1.82) is 0 Å².